The van der Waals surface area contributed by atoms with Gasteiger partial charge >= 0.3 is 5.97 Å². The van der Waals surface area contributed by atoms with Gasteiger partial charge in [0, 0.05) is 0 Å². The molecule has 27 heavy (non-hydrogen) atoms. The topological polar surface area (TPSA) is 105 Å². The highest BCUT2D eigenvalue weighted by Gasteiger charge is 2.61. The maximum atomic E-state index is 11.6. The molecule has 7 nitrogen and oxygen atoms in total. The smallest absolute Gasteiger partial charge is 0.367 e. The largest absolute Gasteiger partial charge is 0.477 e. The minimum Gasteiger partial charge on any atom is -0.477 e. The first kappa shape index (κ1) is 19.5. The molecule has 0 radical (unpaired) electrons. The minimum absolute atomic E-state index is 0.0633. The van der Waals surface area contributed by atoms with Crippen molar-refractivity contribution in [1.82, 2.24) is 0 Å². The second-order valence-electron chi connectivity index (χ2n) is 6.32. The number of aliphatic hydroxyl groups excluding tert-OH is 1. The normalized spacial score (nSPS) is 27.6. The van der Waals surface area contributed by atoms with E-state index in [1.165, 1.54) is 0 Å². The average molecular weight is 374 g/mol. The monoisotopic (exact) mass is 374 g/mol. The molecule has 4 atom stereocenters. The zero-order valence-corrected chi connectivity index (χ0v) is 14.6. The van der Waals surface area contributed by atoms with Crippen LogP contribution in [0.15, 0.2) is 60.7 Å². The van der Waals surface area contributed by atoms with Crippen molar-refractivity contribution in [3.05, 3.63) is 71.8 Å². The van der Waals surface area contributed by atoms with E-state index in [4.69, 9.17) is 14.2 Å². The zero-order chi connectivity index (χ0) is 19.3. The summed E-state index contributed by atoms with van der Waals surface area (Å²) in [7, 11) is 0. The van der Waals surface area contributed by atoms with Crippen molar-refractivity contribution in [1.29, 1.82) is 0 Å². The lowest BCUT2D eigenvalue weighted by Crippen LogP contribution is -2.51. The molecule has 3 rings (SSSR count). The van der Waals surface area contributed by atoms with Crippen LogP contribution >= 0.6 is 0 Å². The Morgan fingerprint density at radius 3 is 1.96 bits per heavy atom. The number of aliphatic carboxylic acids is 1. The molecule has 0 spiro atoms. The van der Waals surface area contributed by atoms with Crippen molar-refractivity contribution in [2.45, 2.75) is 37.3 Å². The molecule has 0 aliphatic carbocycles. The van der Waals surface area contributed by atoms with Crippen LogP contribution in [0.5, 0.6) is 0 Å². The van der Waals surface area contributed by atoms with Gasteiger partial charge in [0.25, 0.3) is 5.79 Å². The highest BCUT2D eigenvalue weighted by atomic mass is 16.7. The number of hydrogen-bond acceptors (Lipinski definition) is 6. The third-order valence-corrected chi connectivity index (χ3v) is 4.43. The lowest BCUT2D eigenvalue weighted by molar-refractivity contribution is -0.247. The van der Waals surface area contributed by atoms with Crippen LogP contribution in [-0.4, -0.2) is 52.0 Å². The van der Waals surface area contributed by atoms with Crippen molar-refractivity contribution < 1.29 is 34.3 Å². The Morgan fingerprint density at radius 2 is 1.48 bits per heavy atom. The van der Waals surface area contributed by atoms with Crippen molar-refractivity contribution in [3.8, 4) is 0 Å². The third kappa shape index (κ3) is 4.35. The molecule has 0 saturated carbocycles. The highest BCUT2D eigenvalue weighted by Crippen LogP contribution is 2.35. The van der Waals surface area contributed by atoms with Crippen LogP contribution < -0.4 is 0 Å². The Hall–Kier alpha value is -2.29. The van der Waals surface area contributed by atoms with Crippen molar-refractivity contribution >= 4 is 5.97 Å². The first-order valence-corrected chi connectivity index (χ1v) is 8.60. The van der Waals surface area contributed by atoms with Gasteiger partial charge in [-0.3, -0.25) is 0 Å². The van der Waals surface area contributed by atoms with Gasteiger partial charge in [0.05, 0.1) is 19.8 Å². The highest BCUT2D eigenvalue weighted by molar-refractivity contribution is 5.77. The predicted molar refractivity (Wildman–Crippen MR) is 94.6 cm³/mol. The van der Waals surface area contributed by atoms with E-state index in [1.807, 2.05) is 60.7 Å². The first-order valence-electron chi connectivity index (χ1n) is 8.60. The van der Waals surface area contributed by atoms with E-state index in [1.54, 1.807) is 0 Å². The van der Waals surface area contributed by atoms with Crippen LogP contribution in [-0.2, 0) is 32.2 Å². The summed E-state index contributed by atoms with van der Waals surface area (Å²) < 4.78 is 16.7. The minimum atomic E-state index is -2.61. The fourth-order valence-electron chi connectivity index (χ4n) is 3.03. The molecular formula is C20H22O7. The van der Waals surface area contributed by atoms with Gasteiger partial charge in [-0.1, -0.05) is 60.7 Å². The number of aliphatic hydroxyl groups is 2. The van der Waals surface area contributed by atoms with Crippen LogP contribution in [0.3, 0.4) is 0 Å². The standard InChI is InChI=1S/C20H22O7/c21-11-16-17(25-12-14-7-3-1-4-8-14)18(20(24,27-16)19(22)23)26-13-15-9-5-2-6-10-15/h1-10,16-18,21,24H,11-13H2,(H,22,23)/t16-,17-,18+,20-/m1/s1. The van der Waals surface area contributed by atoms with Crippen molar-refractivity contribution in [3.63, 3.8) is 0 Å². The lowest BCUT2D eigenvalue weighted by atomic mass is 10.0. The van der Waals surface area contributed by atoms with Gasteiger partial charge < -0.3 is 29.5 Å². The zero-order valence-electron chi connectivity index (χ0n) is 14.6. The fourth-order valence-corrected chi connectivity index (χ4v) is 3.03. The number of ether oxygens (including phenoxy) is 3. The molecular weight excluding hydrogens is 352 g/mol. The molecule has 1 aliphatic heterocycles. The Morgan fingerprint density at radius 1 is 0.963 bits per heavy atom. The van der Waals surface area contributed by atoms with Gasteiger partial charge in [-0.05, 0) is 11.1 Å². The summed E-state index contributed by atoms with van der Waals surface area (Å²) >= 11 is 0. The molecule has 0 unspecified atom stereocenters. The van der Waals surface area contributed by atoms with Crippen LogP contribution in [0.4, 0.5) is 0 Å². The van der Waals surface area contributed by atoms with E-state index in [9.17, 15) is 20.1 Å². The molecule has 2 aromatic carbocycles. The van der Waals surface area contributed by atoms with Gasteiger partial charge in [-0.15, -0.1) is 0 Å². The fraction of sp³-hybridized carbons (Fsp3) is 0.350. The number of carboxylic acid groups (broad SMARTS) is 1. The first-order chi connectivity index (χ1) is 13.0. The Kier molecular flexibility index (Phi) is 6.20. The summed E-state index contributed by atoms with van der Waals surface area (Å²) in [5.41, 5.74) is 1.67. The number of hydrogen-bond donors (Lipinski definition) is 3. The Labute approximate surface area is 156 Å². The average Bonchev–Trinajstić information content (AvgIpc) is 2.98. The number of benzene rings is 2. The lowest BCUT2D eigenvalue weighted by Gasteiger charge is -2.27. The van der Waals surface area contributed by atoms with E-state index in [0.717, 1.165) is 11.1 Å². The van der Waals surface area contributed by atoms with Crippen LogP contribution in [0.2, 0.25) is 0 Å². The van der Waals surface area contributed by atoms with E-state index in [-0.39, 0.29) is 13.2 Å². The van der Waals surface area contributed by atoms with Crippen molar-refractivity contribution in [2.75, 3.05) is 6.61 Å². The van der Waals surface area contributed by atoms with Gasteiger partial charge in [0.1, 0.15) is 12.2 Å². The van der Waals surface area contributed by atoms with E-state index in [0.29, 0.717) is 0 Å². The quantitative estimate of drug-likeness (QED) is 0.640. The number of carboxylic acids is 1. The van der Waals surface area contributed by atoms with Crippen LogP contribution in [0, 0.1) is 0 Å². The molecule has 144 valence electrons. The Bertz CT molecular complexity index is 737. The molecule has 0 bridgehead atoms. The van der Waals surface area contributed by atoms with E-state index >= 15 is 0 Å². The molecule has 1 heterocycles. The third-order valence-electron chi connectivity index (χ3n) is 4.43. The molecule has 0 amide bonds. The molecule has 1 aliphatic rings. The maximum Gasteiger partial charge on any atom is 0.367 e. The molecule has 1 saturated heterocycles. The Balaban J connectivity index is 1.78. The second-order valence-corrected chi connectivity index (χ2v) is 6.32. The molecule has 1 fully saturated rings. The number of carbonyl (C=O) groups is 1. The summed E-state index contributed by atoms with van der Waals surface area (Å²) in [5, 5.41) is 29.6. The van der Waals surface area contributed by atoms with Gasteiger partial charge in [0.2, 0.25) is 0 Å². The summed E-state index contributed by atoms with van der Waals surface area (Å²) in [6.07, 6.45) is -3.30. The molecule has 3 N–H and O–H groups in total. The van der Waals surface area contributed by atoms with Crippen LogP contribution in [0.25, 0.3) is 0 Å². The van der Waals surface area contributed by atoms with Crippen molar-refractivity contribution in [2.24, 2.45) is 0 Å². The van der Waals surface area contributed by atoms with Gasteiger partial charge in [-0.2, -0.15) is 0 Å². The summed E-state index contributed by atoms with van der Waals surface area (Å²) in [5.74, 6) is -4.20. The SMILES string of the molecule is O=C(O)[C@]1(O)O[C@H](CO)[C@@H](OCc2ccccc2)[C@@H]1OCc1ccccc1. The molecule has 7 heteroatoms. The second kappa shape index (κ2) is 8.60. The molecule has 2 aromatic rings. The van der Waals surface area contributed by atoms with Gasteiger partial charge in [0.15, 0.2) is 6.10 Å². The number of rotatable bonds is 8. The summed E-state index contributed by atoms with van der Waals surface area (Å²) in [4.78, 5) is 11.6. The predicted octanol–water partition coefficient (Wildman–Crippen LogP) is 1.32. The van der Waals surface area contributed by atoms with E-state index in [2.05, 4.69) is 0 Å². The summed E-state index contributed by atoms with van der Waals surface area (Å²) in [6, 6.07) is 18.4. The summed E-state index contributed by atoms with van der Waals surface area (Å²) in [6.45, 7) is -0.291. The van der Waals surface area contributed by atoms with E-state index < -0.39 is 36.7 Å². The van der Waals surface area contributed by atoms with Gasteiger partial charge in [-0.25, -0.2) is 4.79 Å². The maximum absolute atomic E-state index is 11.6. The van der Waals surface area contributed by atoms with Crippen LogP contribution in [0.1, 0.15) is 11.1 Å². The molecule has 0 aromatic heterocycles.